The van der Waals surface area contributed by atoms with Gasteiger partial charge in [-0.15, -0.1) is 0 Å². The number of amides is 1. The predicted molar refractivity (Wildman–Crippen MR) is 93.5 cm³/mol. The van der Waals surface area contributed by atoms with Gasteiger partial charge in [0.15, 0.2) is 5.79 Å². The molecule has 1 saturated heterocycles. The third-order valence-electron chi connectivity index (χ3n) is 4.39. The summed E-state index contributed by atoms with van der Waals surface area (Å²) < 4.78 is 17.1. The van der Waals surface area contributed by atoms with E-state index in [-0.39, 0.29) is 18.1 Å². The van der Waals surface area contributed by atoms with Gasteiger partial charge in [-0.25, -0.2) is 4.79 Å². The Bertz CT molecular complexity index is 651. The molecule has 1 heterocycles. The largest absolute Gasteiger partial charge is 0.444 e. The van der Waals surface area contributed by atoms with Crippen LogP contribution in [0, 0.1) is 0 Å². The SMILES string of the molecule is CC(C)(C)OC(=O)Nc1cccc([C@H]2C[C@H](O)[C@@H]3OC(C)(C)O[C@@H]32)c1. The van der Waals surface area contributed by atoms with Crippen LogP contribution in [0.5, 0.6) is 0 Å². The molecular weight excluding hydrogens is 322 g/mol. The molecular formula is C19H27NO5. The number of fused-ring (bicyclic) bond motifs is 1. The number of ether oxygens (including phenoxy) is 3. The first-order valence-corrected chi connectivity index (χ1v) is 8.68. The van der Waals surface area contributed by atoms with E-state index in [1.165, 1.54) is 0 Å². The number of rotatable bonds is 2. The Morgan fingerprint density at radius 2 is 1.96 bits per heavy atom. The molecule has 4 atom stereocenters. The molecule has 25 heavy (non-hydrogen) atoms. The molecule has 0 bridgehead atoms. The molecule has 1 aromatic carbocycles. The standard InChI is InChI=1S/C19H27NO5/c1-18(2,3)25-17(22)20-12-8-6-7-11(9-12)13-10-14(21)16-15(13)23-19(4,5)24-16/h6-9,13-16,21H,10H2,1-5H3,(H,20,22)/t13-,14+,15-,16+/m1/s1. The maximum Gasteiger partial charge on any atom is 0.412 e. The fourth-order valence-corrected chi connectivity index (χ4v) is 3.55. The number of anilines is 1. The number of carbonyl (C=O) groups excluding carboxylic acids is 1. The fourth-order valence-electron chi connectivity index (χ4n) is 3.55. The van der Waals surface area contributed by atoms with Crippen molar-refractivity contribution in [1.29, 1.82) is 0 Å². The van der Waals surface area contributed by atoms with Crippen LogP contribution < -0.4 is 5.32 Å². The van der Waals surface area contributed by atoms with Crippen molar-refractivity contribution in [3.63, 3.8) is 0 Å². The number of hydrogen-bond donors (Lipinski definition) is 2. The van der Waals surface area contributed by atoms with Crippen LogP contribution in [0.1, 0.15) is 52.5 Å². The number of benzene rings is 1. The van der Waals surface area contributed by atoms with Crippen molar-refractivity contribution in [1.82, 2.24) is 0 Å². The Morgan fingerprint density at radius 1 is 1.28 bits per heavy atom. The van der Waals surface area contributed by atoms with Crippen LogP contribution in [-0.2, 0) is 14.2 Å². The van der Waals surface area contributed by atoms with Gasteiger partial charge in [0.1, 0.15) is 11.7 Å². The Kier molecular flexibility index (Phi) is 4.56. The van der Waals surface area contributed by atoms with Crippen molar-refractivity contribution >= 4 is 11.8 Å². The van der Waals surface area contributed by atoms with Crippen molar-refractivity contribution in [3.8, 4) is 0 Å². The lowest BCUT2D eigenvalue weighted by Gasteiger charge is -2.23. The van der Waals surface area contributed by atoms with Gasteiger partial charge in [-0.1, -0.05) is 12.1 Å². The second-order valence-electron chi connectivity index (χ2n) is 8.23. The van der Waals surface area contributed by atoms with Crippen molar-refractivity contribution in [2.75, 3.05) is 5.32 Å². The third-order valence-corrected chi connectivity index (χ3v) is 4.39. The van der Waals surface area contributed by atoms with Gasteiger partial charge in [0.25, 0.3) is 0 Å². The lowest BCUT2D eigenvalue weighted by molar-refractivity contribution is -0.163. The minimum Gasteiger partial charge on any atom is -0.444 e. The second-order valence-corrected chi connectivity index (χ2v) is 8.23. The zero-order valence-corrected chi connectivity index (χ0v) is 15.4. The van der Waals surface area contributed by atoms with E-state index in [0.717, 1.165) is 5.56 Å². The molecule has 0 radical (unpaired) electrons. The molecule has 1 saturated carbocycles. The highest BCUT2D eigenvalue weighted by Crippen LogP contribution is 2.46. The van der Waals surface area contributed by atoms with Gasteiger partial charge in [0.2, 0.25) is 0 Å². The Morgan fingerprint density at radius 3 is 2.64 bits per heavy atom. The summed E-state index contributed by atoms with van der Waals surface area (Å²) in [5.74, 6) is -0.677. The Hall–Kier alpha value is -1.63. The molecule has 6 heteroatoms. The molecule has 0 spiro atoms. The van der Waals surface area contributed by atoms with E-state index in [1.54, 1.807) is 0 Å². The predicted octanol–water partition coefficient (Wildman–Crippen LogP) is 3.40. The topological polar surface area (TPSA) is 77.0 Å². The summed E-state index contributed by atoms with van der Waals surface area (Å²) >= 11 is 0. The zero-order chi connectivity index (χ0) is 18.4. The fraction of sp³-hybridized carbons (Fsp3) is 0.632. The molecule has 2 fully saturated rings. The summed E-state index contributed by atoms with van der Waals surface area (Å²) in [7, 11) is 0. The minimum absolute atomic E-state index is 0.0159. The van der Waals surface area contributed by atoms with E-state index in [0.29, 0.717) is 12.1 Å². The highest BCUT2D eigenvalue weighted by molar-refractivity contribution is 5.85. The summed E-state index contributed by atoms with van der Waals surface area (Å²) in [5.41, 5.74) is 1.11. The van der Waals surface area contributed by atoms with E-state index >= 15 is 0 Å². The molecule has 138 valence electrons. The smallest absolute Gasteiger partial charge is 0.412 e. The van der Waals surface area contributed by atoms with Gasteiger partial charge in [-0.3, -0.25) is 5.32 Å². The molecule has 6 nitrogen and oxygen atoms in total. The second kappa shape index (κ2) is 6.27. The monoisotopic (exact) mass is 349 g/mol. The average molecular weight is 349 g/mol. The molecule has 1 amide bonds. The van der Waals surface area contributed by atoms with E-state index in [1.807, 2.05) is 58.9 Å². The first-order chi connectivity index (χ1) is 11.5. The third kappa shape index (κ3) is 4.14. The summed E-state index contributed by atoms with van der Waals surface area (Å²) in [6.45, 7) is 9.18. The van der Waals surface area contributed by atoms with Gasteiger partial charge in [-0.05, 0) is 58.7 Å². The number of carbonyl (C=O) groups is 1. The van der Waals surface area contributed by atoms with E-state index < -0.39 is 23.6 Å². The molecule has 2 aliphatic rings. The molecule has 3 rings (SSSR count). The minimum atomic E-state index is -0.693. The summed E-state index contributed by atoms with van der Waals surface area (Å²) in [6, 6.07) is 7.57. The van der Waals surface area contributed by atoms with E-state index in [2.05, 4.69) is 5.32 Å². The molecule has 0 unspecified atom stereocenters. The first-order valence-electron chi connectivity index (χ1n) is 8.68. The van der Waals surface area contributed by atoms with Gasteiger partial charge < -0.3 is 19.3 Å². The molecule has 0 aromatic heterocycles. The summed E-state index contributed by atoms with van der Waals surface area (Å²) in [4.78, 5) is 12.0. The number of aliphatic hydroxyl groups excluding tert-OH is 1. The zero-order valence-electron chi connectivity index (χ0n) is 15.4. The quantitative estimate of drug-likeness (QED) is 0.856. The van der Waals surface area contributed by atoms with Crippen molar-refractivity contribution in [2.45, 2.75) is 76.7 Å². The molecule has 1 aromatic rings. The van der Waals surface area contributed by atoms with Gasteiger partial charge >= 0.3 is 6.09 Å². The number of hydrogen-bond acceptors (Lipinski definition) is 5. The Labute approximate surface area is 148 Å². The maximum atomic E-state index is 12.0. The van der Waals surface area contributed by atoms with Crippen LogP contribution in [0.15, 0.2) is 24.3 Å². The molecule has 2 N–H and O–H groups in total. The van der Waals surface area contributed by atoms with Crippen molar-refractivity contribution < 1.29 is 24.1 Å². The van der Waals surface area contributed by atoms with Crippen molar-refractivity contribution in [2.24, 2.45) is 0 Å². The van der Waals surface area contributed by atoms with Crippen LogP contribution in [0.3, 0.4) is 0 Å². The Balaban J connectivity index is 1.75. The lowest BCUT2D eigenvalue weighted by Crippen LogP contribution is -2.28. The van der Waals surface area contributed by atoms with E-state index in [4.69, 9.17) is 14.2 Å². The number of nitrogens with one attached hydrogen (secondary N) is 1. The van der Waals surface area contributed by atoms with Crippen LogP contribution >= 0.6 is 0 Å². The van der Waals surface area contributed by atoms with E-state index in [9.17, 15) is 9.90 Å². The highest BCUT2D eigenvalue weighted by Gasteiger charge is 2.53. The van der Waals surface area contributed by atoms with Gasteiger partial charge in [0.05, 0.1) is 12.2 Å². The van der Waals surface area contributed by atoms with Crippen LogP contribution in [0.2, 0.25) is 0 Å². The summed E-state index contributed by atoms with van der Waals surface area (Å²) in [5, 5.41) is 13.1. The van der Waals surface area contributed by atoms with Crippen LogP contribution in [0.25, 0.3) is 0 Å². The normalized spacial score (nSPS) is 30.8. The number of aliphatic hydroxyl groups is 1. The van der Waals surface area contributed by atoms with Crippen molar-refractivity contribution in [3.05, 3.63) is 29.8 Å². The van der Waals surface area contributed by atoms with Gasteiger partial charge in [-0.2, -0.15) is 0 Å². The lowest BCUT2D eigenvalue weighted by atomic mass is 9.95. The molecule has 1 aliphatic heterocycles. The first kappa shape index (κ1) is 18.2. The van der Waals surface area contributed by atoms with Gasteiger partial charge in [0, 0.05) is 11.6 Å². The molecule has 1 aliphatic carbocycles. The van der Waals surface area contributed by atoms with Crippen LogP contribution in [0.4, 0.5) is 10.5 Å². The maximum absolute atomic E-state index is 12.0. The average Bonchev–Trinajstić information content (AvgIpc) is 2.91. The summed E-state index contributed by atoms with van der Waals surface area (Å²) in [6.07, 6.45) is -0.986. The van der Waals surface area contributed by atoms with Crippen LogP contribution in [-0.4, -0.2) is 40.9 Å². The highest BCUT2D eigenvalue weighted by atomic mass is 16.8.